The zero-order valence-electron chi connectivity index (χ0n) is 14.1. The van der Waals surface area contributed by atoms with Crippen molar-refractivity contribution in [3.63, 3.8) is 0 Å². The van der Waals surface area contributed by atoms with E-state index in [1.165, 1.54) is 5.56 Å². The van der Waals surface area contributed by atoms with Crippen LogP contribution in [-0.4, -0.2) is 5.91 Å². The highest BCUT2D eigenvalue weighted by Gasteiger charge is 2.17. The molecule has 2 nitrogen and oxygen atoms in total. The quantitative estimate of drug-likeness (QED) is 0.633. The molecule has 1 unspecified atom stereocenters. The number of carbonyl (C=O) groups excluding carboxylic acids is 1. The summed E-state index contributed by atoms with van der Waals surface area (Å²) in [6, 6.07) is 26.1. The summed E-state index contributed by atoms with van der Waals surface area (Å²) in [5, 5.41) is 3.18. The molecule has 0 spiro atoms. The lowest BCUT2D eigenvalue weighted by Crippen LogP contribution is -2.30. The van der Waals surface area contributed by atoms with Gasteiger partial charge >= 0.3 is 0 Å². The third kappa shape index (κ3) is 4.80. The molecule has 0 aliphatic carbocycles. The number of hydrogen-bond acceptors (Lipinski definition) is 1. The highest BCUT2D eigenvalue weighted by atomic mass is 79.9. The van der Waals surface area contributed by atoms with E-state index < -0.39 is 0 Å². The maximum Gasteiger partial charge on any atom is 0.225 e. The van der Waals surface area contributed by atoms with Crippen LogP contribution in [0.2, 0.25) is 0 Å². The second kappa shape index (κ2) is 8.13. The van der Waals surface area contributed by atoms with Gasteiger partial charge in [0, 0.05) is 4.47 Å². The summed E-state index contributed by atoms with van der Waals surface area (Å²) in [6.07, 6.45) is 0.356. The molecule has 3 heteroatoms. The highest BCUT2D eigenvalue weighted by Crippen LogP contribution is 2.23. The zero-order valence-corrected chi connectivity index (χ0v) is 15.7. The maximum absolute atomic E-state index is 12.6. The first kappa shape index (κ1) is 17.4. The molecule has 0 aliphatic rings. The van der Waals surface area contributed by atoms with Crippen molar-refractivity contribution in [3.05, 3.63) is 106 Å². The van der Waals surface area contributed by atoms with Crippen LogP contribution in [0.15, 0.2) is 83.3 Å². The Labute approximate surface area is 157 Å². The summed E-state index contributed by atoms with van der Waals surface area (Å²) in [6.45, 7) is 2.06. The summed E-state index contributed by atoms with van der Waals surface area (Å²) in [7, 11) is 0. The Bertz CT molecular complexity index is 843. The summed E-state index contributed by atoms with van der Waals surface area (Å²) in [5.74, 6) is 0.00697. The average Bonchev–Trinajstić information content (AvgIpc) is 2.61. The van der Waals surface area contributed by atoms with Crippen LogP contribution in [0.4, 0.5) is 0 Å². The van der Waals surface area contributed by atoms with E-state index in [2.05, 4.69) is 52.4 Å². The van der Waals surface area contributed by atoms with E-state index in [0.717, 1.165) is 21.2 Å². The van der Waals surface area contributed by atoms with Gasteiger partial charge in [-0.3, -0.25) is 4.79 Å². The van der Waals surface area contributed by atoms with Gasteiger partial charge in [-0.2, -0.15) is 0 Å². The van der Waals surface area contributed by atoms with E-state index in [1.54, 1.807) is 0 Å². The topological polar surface area (TPSA) is 29.1 Å². The van der Waals surface area contributed by atoms with Gasteiger partial charge in [0.2, 0.25) is 5.91 Å². The molecular weight excluding hydrogens is 374 g/mol. The molecule has 25 heavy (non-hydrogen) atoms. The lowest BCUT2D eigenvalue weighted by Gasteiger charge is -2.20. The number of carbonyl (C=O) groups is 1. The monoisotopic (exact) mass is 393 g/mol. The molecule has 0 radical (unpaired) electrons. The maximum atomic E-state index is 12.6. The van der Waals surface area contributed by atoms with Crippen LogP contribution in [-0.2, 0) is 11.2 Å². The molecule has 1 atom stereocenters. The van der Waals surface area contributed by atoms with Crippen molar-refractivity contribution in [2.45, 2.75) is 19.4 Å². The van der Waals surface area contributed by atoms with Crippen LogP contribution >= 0.6 is 15.9 Å². The number of halogens is 1. The minimum absolute atomic E-state index is 0.00697. The Kier molecular flexibility index (Phi) is 5.67. The van der Waals surface area contributed by atoms with Gasteiger partial charge in [0.25, 0.3) is 0 Å². The lowest BCUT2D eigenvalue weighted by atomic mass is 9.97. The first-order chi connectivity index (χ1) is 12.1. The first-order valence-electron chi connectivity index (χ1n) is 8.27. The number of aryl methyl sites for hydroxylation is 1. The van der Waals surface area contributed by atoms with E-state index >= 15 is 0 Å². The second-order valence-electron chi connectivity index (χ2n) is 6.13. The molecule has 3 aromatic rings. The van der Waals surface area contributed by atoms with Crippen LogP contribution in [0, 0.1) is 6.92 Å². The van der Waals surface area contributed by atoms with E-state index in [4.69, 9.17) is 0 Å². The molecule has 1 amide bonds. The summed E-state index contributed by atoms with van der Waals surface area (Å²) < 4.78 is 0.982. The van der Waals surface area contributed by atoms with Crippen LogP contribution in [0.5, 0.6) is 0 Å². The number of rotatable bonds is 5. The van der Waals surface area contributed by atoms with Crippen molar-refractivity contribution in [1.82, 2.24) is 5.32 Å². The summed E-state index contributed by atoms with van der Waals surface area (Å²) in [4.78, 5) is 12.6. The highest BCUT2D eigenvalue weighted by molar-refractivity contribution is 9.10. The van der Waals surface area contributed by atoms with Crippen LogP contribution in [0.25, 0.3) is 0 Å². The van der Waals surface area contributed by atoms with Gasteiger partial charge in [0.05, 0.1) is 12.5 Å². The Morgan fingerprint density at radius 1 is 0.920 bits per heavy atom. The van der Waals surface area contributed by atoms with Crippen molar-refractivity contribution in [1.29, 1.82) is 0 Å². The first-order valence-corrected chi connectivity index (χ1v) is 9.06. The molecule has 0 bridgehead atoms. The SMILES string of the molecule is Cc1ccc(C(NC(=O)Cc2cccc(Br)c2)c2ccccc2)cc1. The van der Waals surface area contributed by atoms with E-state index in [0.29, 0.717) is 6.42 Å². The van der Waals surface area contributed by atoms with Gasteiger partial charge in [-0.1, -0.05) is 88.2 Å². The standard InChI is InChI=1S/C22H20BrNO/c1-16-10-12-19(13-11-16)22(18-7-3-2-4-8-18)24-21(25)15-17-6-5-9-20(23)14-17/h2-14,22H,15H2,1H3,(H,24,25). The third-order valence-electron chi connectivity index (χ3n) is 4.10. The fraction of sp³-hybridized carbons (Fsp3) is 0.136. The summed E-state index contributed by atoms with van der Waals surface area (Å²) in [5.41, 5.74) is 4.35. The normalized spacial score (nSPS) is 11.8. The molecule has 0 saturated heterocycles. The van der Waals surface area contributed by atoms with Gasteiger partial charge in [0.1, 0.15) is 0 Å². The van der Waals surface area contributed by atoms with E-state index in [-0.39, 0.29) is 11.9 Å². The molecule has 3 aromatic carbocycles. The van der Waals surface area contributed by atoms with Crippen LogP contribution in [0.1, 0.15) is 28.3 Å². The minimum atomic E-state index is -0.151. The lowest BCUT2D eigenvalue weighted by molar-refractivity contribution is -0.120. The Morgan fingerprint density at radius 2 is 1.60 bits per heavy atom. The van der Waals surface area contributed by atoms with Gasteiger partial charge < -0.3 is 5.32 Å². The molecular formula is C22H20BrNO. The van der Waals surface area contributed by atoms with Crippen molar-refractivity contribution in [2.75, 3.05) is 0 Å². The van der Waals surface area contributed by atoms with E-state index in [9.17, 15) is 4.79 Å². The zero-order chi connectivity index (χ0) is 17.6. The summed E-state index contributed by atoms with van der Waals surface area (Å²) >= 11 is 3.45. The van der Waals surface area contributed by atoms with Crippen LogP contribution < -0.4 is 5.32 Å². The van der Waals surface area contributed by atoms with Gasteiger partial charge in [-0.25, -0.2) is 0 Å². The fourth-order valence-corrected chi connectivity index (χ4v) is 3.25. The predicted molar refractivity (Wildman–Crippen MR) is 105 cm³/mol. The number of amides is 1. The van der Waals surface area contributed by atoms with Crippen molar-refractivity contribution in [2.24, 2.45) is 0 Å². The number of nitrogens with one attached hydrogen (secondary N) is 1. The smallest absolute Gasteiger partial charge is 0.225 e. The Hall–Kier alpha value is -2.39. The Morgan fingerprint density at radius 3 is 2.28 bits per heavy atom. The van der Waals surface area contributed by atoms with E-state index in [1.807, 2.05) is 54.6 Å². The number of benzene rings is 3. The van der Waals surface area contributed by atoms with Crippen molar-refractivity contribution >= 4 is 21.8 Å². The van der Waals surface area contributed by atoms with Crippen LogP contribution in [0.3, 0.4) is 0 Å². The molecule has 0 aromatic heterocycles. The number of hydrogen-bond donors (Lipinski definition) is 1. The van der Waals surface area contributed by atoms with Crippen molar-refractivity contribution in [3.8, 4) is 0 Å². The minimum Gasteiger partial charge on any atom is -0.345 e. The molecule has 0 heterocycles. The fourth-order valence-electron chi connectivity index (χ4n) is 2.81. The predicted octanol–water partition coefficient (Wildman–Crippen LogP) is 5.21. The largest absolute Gasteiger partial charge is 0.345 e. The third-order valence-corrected chi connectivity index (χ3v) is 4.60. The van der Waals surface area contributed by atoms with Gasteiger partial charge in [0.15, 0.2) is 0 Å². The molecule has 0 saturated carbocycles. The van der Waals surface area contributed by atoms with Gasteiger partial charge in [-0.15, -0.1) is 0 Å². The molecule has 0 aliphatic heterocycles. The Balaban J connectivity index is 1.82. The second-order valence-corrected chi connectivity index (χ2v) is 7.04. The molecule has 3 rings (SSSR count). The van der Waals surface area contributed by atoms with Gasteiger partial charge in [-0.05, 0) is 35.7 Å². The molecule has 0 fully saturated rings. The average molecular weight is 394 g/mol. The van der Waals surface area contributed by atoms with Crippen molar-refractivity contribution < 1.29 is 4.79 Å². The molecule has 126 valence electrons. The molecule has 1 N–H and O–H groups in total.